The van der Waals surface area contributed by atoms with Crippen molar-refractivity contribution in [1.29, 1.82) is 0 Å². The summed E-state index contributed by atoms with van der Waals surface area (Å²) in [4.78, 5) is 25.4. The highest BCUT2D eigenvalue weighted by Crippen LogP contribution is 2.20. The number of benzene rings is 2. The minimum Gasteiger partial charge on any atom is -0.353 e. The SMILES string of the molecule is O=C(C[C@H](NC(=O)c1ccccc1)c1ccccc1)NC1CCCCCCC1. The van der Waals surface area contributed by atoms with Gasteiger partial charge in [0, 0.05) is 11.6 Å². The molecule has 0 unspecified atom stereocenters. The Hall–Kier alpha value is -2.62. The number of amides is 2. The Labute approximate surface area is 167 Å². The van der Waals surface area contributed by atoms with E-state index in [4.69, 9.17) is 0 Å². The van der Waals surface area contributed by atoms with Gasteiger partial charge in [0.1, 0.15) is 0 Å². The van der Waals surface area contributed by atoms with Gasteiger partial charge in [-0.2, -0.15) is 0 Å². The van der Waals surface area contributed by atoms with E-state index in [0.717, 1.165) is 18.4 Å². The Morgan fingerprint density at radius 2 is 1.39 bits per heavy atom. The Bertz CT molecular complexity index is 738. The van der Waals surface area contributed by atoms with Crippen molar-refractivity contribution in [1.82, 2.24) is 10.6 Å². The van der Waals surface area contributed by atoms with Crippen LogP contribution in [-0.4, -0.2) is 17.9 Å². The maximum atomic E-state index is 12.7. The topological polar surface area (TPSA) is 58.2 Å². The molecule has 4 nitrogen and oxygen atoms in total. The quantitative estimate of drug-likeness (QED) is 0.760. The summed E-state index contributed by atoms with van der Waals surface area (Å²) in [5, 5.41) is 6.25. The number of carbonyl (C=O) groups is 2. The summed E-state index contributed by atoms with van der Waals surface area (Å²) >= 11 is 0. The van der Waals surface area contributed by atoms with Gasteiger partial charge in [-0.05, 0) is 30.5 Å². The summed E-state index contributed by atoms with van der Waals surface area (Å²) in [6.45, 7) is 0. The summed E-state index contributed by atoms with van der Waals surface area (Å²) in [5.74, 6) is -0.152. The maximum absolute atomic E-state index is 12.7. The summed E-state index contributed by atoms with van der Waals surface area (Å²) in [6.07, 6.45) is 8.53. The fraction of sp³-hybridized carbons (Fsp3) is 0.417. The lowest BCUT2D eigenvalue weighted by Gasteiger charge is -2.23. The first kappa shape index (κ1) is 20.1. The average molecular weight is 379 g/mol. The van der Waals surface area contributed by atoms with Crippen LogP contribution >= 0.6 is 0 Å². The van der Waals surface area contributed by atoms with E-state index in [9.17, 15) is 9.59 Å². The van der Waals surface area contributed by atoms with Crippen LogP contribution in [0.1, 0.15) is 73.3 Å². The molecule has 2 aromatic rings. The third-order valence-corrected chi connectivity index (χ3v) is 5.40. The van der Waals surface area contributed by atoms with Crippen LogP contribution in [0.3, 0.4) is 0 Å². The summed E-state index contributed by atoms with van der Waals surface area (Å²) in [6, 6.07) is 18.8. The molecule has 0 bridgehead atoms. The predicted octanol–water partition coefficient (Wildman–Crippen LogP) is 4.78. The number of nitrogens with one attached hydrogen (secondary N) is 2. The van der Waals surface area contributed by atoms with Crippen molar-refractivity contribution < 1.29 is 9.59 Å². The first-order valence-corrected chi connectivity index (χ1v) is 10.4. The van der Waals surface area contributed by atoms with Gasteiger partial charge in [-0.25, -0.2) is 0 Å². The molecule has 0 heterocycles. The lowest BCUT2D eigenvalue weighted by molar-refractivity contribution is -0.122. The van der Waals surface area contributed by atoms with E-state index in [1.54, 1.807) is 12.1 Å². The highest BCUT2D eigenvalue weighted by molar-refractivity contribution is 5.94. The normalized spacial score (nSPS) is 16.4. The number of hydrogen-bond donors (Lipinski definition) is 2. The minimum atomic E-state index is -0.345. The second-order valence-corrected chi connectivity index (χ2v) is 7.62. The predicted molar refractivity (Wildman–Crippen MR) is 112 cm³/mol. The van der Waals surface area contributed by atoms with Gasteiger partial charge < -0.3 is 10.6 Å². The van der Waals surface area contributed by atoms with Gasteiger partial charge in [0.2, 0.25) is 5.91 Å². The van der Waals surface area contributed by atoms with Gasteiger partial charge in [0.25, 0.3) is 5.91 Å². The number of rotatable bonds is 6. The summed E-state index contributed by atoms with van der Waals surface area (Å²) < 4.78 is 0. The molecule has 2 amide bonds. The van der Waals surface area contributed by atoms with Gasteiger partial charge >= 0.3 is 0 Å². The number of carbonyl (C=O) groups excluding carboxylic acids is 2. The van der Waals surface area contributed by atoms with Crippen molar-refractivity contribution in [2.45, 2.75) is 63.5 Å². The minimum absolute atomic E-state index is 0.00721. The van der Waals surface area contributed by atoms with Gasteiger partial charge in [0.05, 0.1) is 12.5 Å². The molecule has 1 saturated carbocycles. The molecular formula is C24H30N2O2. The van der Waals surface area contributed by atoms with Crippen LogP contribution in [0.2, 0.25) is 0 Å². The molecule has 0 spiro atoms. The third kappa shape index (κ3) is 6.22. The smallest absolute Gasteiger partial charge is 0.251 e. The van der Waals surface area contributed by atoms with E-state index in [-0.39, 0.29) is 30.3 Å². The molecule has 2 N–H and O–H groups in total. The van der Waals surface area contributed by atoms with Gasteiger partial charge in [-0.1, -0.05) is 80.6 Å². The monoisotopic (exact) mass is 378 g/mol. The largest absolute Gasteiger partial charge is 0.353 e. The highest BCUT2D eigenvalue weighted by Gasteiger charge is 2.21. The summed E-state index contributed by atoms with van der Waals surface area (Å²) in [5.41, 5.74) is 1.54. The fourth-order valence-electron chi connectivity index (χ4n) is 3.84. The fourth-order valence-corrected chi connectivity index (χ4v) is 3.84. The van der Waals surface area contributed by atoms with Crippen LogP contribution in [-0.2, 0) is 4.79 Å². The van der Waals surface area contributed by atoms with E-state index in [2.05, 4.69) is 10.6 Å². The van der Waals surface area contributed by atoms with E-state index in [1.165, 1.54) is 32.1 Å². The molecule has 2 aromatic carbocycles. The summed E-state index contributed by atoms with van der Waals surface area (Å²) in [7, 11) is 0. The standard InChI is InChI=1S/C24H30N2O2/c27-23(25-21-16-10-2-1-3-11-17-21)18-22(19-12-6-4-7-13-19)26-24(28)20-14-8-5-9-15-20/h4-9,12-15,21-22H,1-3,10-11,16-18H2,(H,25,27)(H,26,28)/t22-/m0/s1. The van der Waals surface area contributed by atoms with Crippen LogP contribution in [0.4, 0.5) is 0 Å². The van der Waals surface area contributed by atoms with Crippen LogP contribution in [0.25, 0.3) is 0 Å². The average Bonchev–Trinajstić information content (AvgIpc) is 2.70. The zero-order valence-electron chi connectivity index (χ0n) is 16.4. The van der Waals surface area contributed by atoms with Gasteiger partial charge in [-0.15, -0.1) is 0 Å². The van der Waals surface area contributed by atoms with Crippen molar-refractivity contribution in [3.05, 3.63) is 71.8 Å². The molecule has 1 aliphatic rings. The molecule has 3 rings (SSSR count). The second kappa shape index (κ2) is 10.6. The molecule has 0 saturated heterocycles. The molecule has 0 radical (unpaired) electrons. The highest BCUT2D eigenvalue weighted by atomic mass is 16.2. The van der Waals surface area contributed by atoms with Crippen LogP contribution in [0, 0.1) is 0 Å². The maximum Gasteiger partial charge on any atom is 0.251 e. The second-order valence-electron chi connectivity index (χ2n) is 7.62. The van der Waals surface area contributed by atoms with Gasteiger partial charge in [0.15, 0.2) is 0 Å². The van der Waals surface area contributed by atoms with Crippen LogP contribution < -0.4 is 10.6 Å². The van der Waals surface area contributed by atoms with E-state index >= 15 is 0 Å². The van der Waals surface area contributed by atoms with Crippen molar-refractivity contribution >= 4 is 11.8 Å². The van der Waals surface area contributed by atoms with Crippen molar-refractivity contribution in [2.75, 3.05) is 0 Å². The van der Waals surface area contributed by atoms with Crippen molar-refractivity contribution in [2.24, 2.45) is 0 Å². The van der Waals surface area contributed by atoms with Crippen LogP contribution in [0.15, 0.2) is 60.7 Å². The first-order valence-electron chi connectivity index (χ1n) is 10.4. The lowest BCUT2D eigenvalue weighted by atomic mass is 9.96. The Morgan fingerprint density at radius 1 is 0.821 bits per heavy atom. The first-order chi connectivity index (χ1) is 13.7. The van der Waals surface area contributed by atoms with Gasteiger partial charge in [-0.3, -0.25) is 9.59 Å². The Balaban J connectivity index is 1.65. The molecule has 148 valence electrons. The molecule has 28 heavy (non-hydrogen) atoms. The van der Waals surface area contributed by atoms with E-state index in [0.29, 0.717) is 5.56 Å². The third-order valence-electron chi connectivity index (χ3n) is 5.40. The Kier molecular flexibility index (Phi) is 7.65. The zero-order chi connectivity index (χ0) is 19.6. The molecule has 4 heteroatoms. The molecule has 1 fully saturated rings. The van der Waals surface area contributed by atoms with E-state index < -0.39 is 0 Å². The molecule has 1 atom stereocenters. The molecular weight excluding hydrogens is 348 g/mol. The van der Waals surface area contributed by atoms with Crippen molar-refractivity contribution in [3.63, 3.8) is 0 Å². The zero-order valence-corrected chi connectivity index (χ0v) is 16.4. The van der Waals surface area contributed by atoms with E-state index in [1.807, 2.05) is 48.5 Å². The van der Waals surface area contributed by atoms with Crippen molar-refractivity contribution in [3.8, 4) is 0 Å². The Morgan fingerprint density at radius 3 is 2.04 bits per heavy atom. The number of hydrogen-bond acceptors (Lipinski definition) is 2. The molecule has 1 aliphatic carbocycles. The van der Waals surface area contributed by atoms with Crippen LogP contribution in [0.5, 0.6) is 0 Å². The molecule has 0 aliphatic heterocycles. The lowest BCUT2D eigenvalue weighted by Crippen LogP contribution is -2.38. The molecule has 0 aromatic heterocycles.